The SMILES string of the molecule is Cn1c(=O)n(N2C(=O)CCCC2=O)c2cccc(NCCCN3CCN(c4cccc(-c5cnc6ccc(N7CCC[C@@H]7c7cccc(F)c7)nn56)n4)CC3)c21. The van der Waals surface area contributed by atoms with Crippen molar-refractivity contribution in [1.29, 1.82) is 0 Å². The third-order valence-electron chi connectivity index (χ3n) is 11.3. The van der Waals surface area contributed by atoms with Crippen LogP contribution in [0.15, 0.2) is 83.8 Å². The molecule has 3 fully saturated rings. The highest BCUT2D eigenvalue weighted by Gasteiger charge is 2.32. The Balaban J connectivity index is 0.826. The number of aryl methyl sites for hydroxylation is 1. The Morgan fingerprint density at radius 1 is 0.857 bits per heavy atom. The molecule has 0 saturated carbocycles. The van der Waals surface area contributed by atoms with Gasteiger partial charge in [-0.1, -0.05) is 24.3 Å². The molecule has 0 radical (unpaired) electrons. The van der Waals surface area contributed by atoms with E-state index in [1.807, 2.05) is 53.2 Å². The molecule has 0 bridgehead atoms. The molecule has 0 unspecified atom stereocenters. The number of amides is 2. The monoisotopic (exact) mass is 757 g/mol. The number of hydrogen-bond acceptors (Lipinski definition) is 10. The molecule has 3 aliphatic rings. The van der Waals surface area contributed by atoms with Crippen LogP contribution in [-0.2, 0) is 16.6 Å². The summed E-state index contributed by atoms with van der Waals surface area (Å²) in [5.74, 6) is 0.812. The number of nitrogens with one attached hydrogen (secondary N) is 1. The maximum absolute atomic E-state index is 14.1. The first kappa shape index (κ1) is 35.6. The van der Waals surface area contributed by atoms with Gasteiger partial charge in [-0.25, -0.2) is 23.7 Å². The number of fused-ring (bicyclic) bond motifs is 2. The van der Waals surface area contributed by atoms with Gasteiger partial charge in [-0.2, -0.15) is 9.69 Å². The van der Waals surface area contributed by atoms with Crippen LogP contribution in [0.1, 0.15) is 50.1 Å². The highest BCUT2D eigenvalue weighted by Crippen LogP contribution is 2.36. The van der Waals surface area contributed by atoms with Gasteiger partial charge in [0.15, 0.2) is 5.65 Å². The predicted molar refractivity (Wildman–Crippen MR) is 213 cm³/mol. The number of imide groups is 1. The first-order valence-electron chi connectivity index (χ1n) is 19.5. The lowest BCUT2D eigenvalue weighted by molar-refractivity contribution is -0.131. The molecule has 3 saturated heterocycles. The Kier molecular flexibility index (Phi) is 9.45. The number of para-hydroxylation sites is 1. The number of pyridine rings is 1. The van der Waals surface area contributed by atoms with Gasteiger partial charge in [0.2, 0.25) is 11.8 Å². The lowest BCUT2D eigenvalue weighted by Gasteiger charge is -2.35. The summed E-state index contributed by atoms with van der Waals surface area (Å²) in [6.45, 7) is 5.95. The lowest BCUT2D eigenvalue weighted by Crippen LogP contribution is -2.52. The predicted octanol–water partition coefficient (Wildman–Crippen LogP) is 4.72. The van der Waals surface area contributed by atoms with E-state index in [4.69, 9.17) is 10.1 Å². The highest BCUT2D eigenvalue weighted by molar-refractivity contribution is 6.11. The van der Waals surface area contributed by atoms with Crippen molar-refractivity contribution in [2.24, 2.45) is 7.05 Å². The Bertz CT molecular complexity index is 2490. The summed E-state index contributed by atoms with van der Waals surface area (Å²) in [7, 11) is 1.67. The van der Waals surface area contributed by atoms with E-state index in [9.17, 15) is 18.8 Å². The molecular formula is C41H44FN11O3. The van der Waals surface area contributed by atoms with Crippen molar-refractivity contribution in [2.75, 3.05) is 65.9 Å². The van der Waals surface area contributed by atoms with Crippen LogP contribution >= 0.6 is 0 Å². The molecule has 1 atom stereocenters. The average Bonchev–Trinajstić information content (AvgIpc) is 3.94. The van der Waals surface area contributed by atoms with Gasteiger partial charge >= 0.3 is 5.69 Å². The molecule has 3 aliphatic heterocycles. The van der Waals surface area contributed by atoms with Crippen molar-refractivity contribution in [3.05, 3.63) is 101 Å². The molecule has 7 heterocycles. The molecular weight excluding hydrogens is 714 g/mol. The number of carbonyl (C=O) groups is 2. The standard InChI is InChI=1S/C41H44FN11O3/c1-47-40-31(11-3-12-33(40)52(41(47)56)53-38(54)15-5-16-39(53)55)43-19-7-20-48-22-24-49(25-23-48)36-14-4-10-30(45-36)34-27-44-35-17-18-37(46-51(34)35)50-21-6-13-32(50)28-8-2-9-29(42)26-28/h2-4,8-12,14,17-18,26-27,32,43H,5-7,13,15-16,19-25H2,1H3/t32-/m1/s1. The number of halogens is 1. The topological polar surface area (TPSA) is 129 Å². The number of piperidine rings is 1. The smallest absolute Gasteiger partial charge is 0.348 e. The number of aromatic nitrogens is 6. The summed E-state index contributed by atoms with van der Waals surface area (Å²) in [5, 5.41) is 9.53. The zero-order valence-electron chi connectivity index (χ0n) is 31.4. The number of anilines is 3. The number of benzene rings is 2. The summed E-state index contributed by atoms with van der Waals surface area (Å²) in [6, 6.07) is 22.5. The van der Waals surface area contributed by atoms with E-state index in [1.54, 1.807) is 25.2 Å². The molecule has 14 nitrogen and oxygen atoms in total. The maximum atomic E-state index is 14.1. The molecule has 2 aromatic carbocycles. The van der Waals surface area contributed by atoms with Crippen molar-refractivity contribution in [2.45, 2.75) is 44.6 Å². The summed E-state index contributed by atoms with van der Waals surface area (Å²) >= 11 is 0. The van der Waals surface area contributed by atoms with Gasteiger partial charge in [0.25, 0.3) is 0 Å². The van der Waals surface area contributed by atoms with Gasteiger partial charge in [0, 0.05) is 59.2 Å². The summed E-state index contributed by atoms with van der Waals surface area (Å²) in [4.78, 5) is 55.3. The van der Waals surface area contributed by atoms with E-state index in [1.165, 1.54) is 15.3 Å². The van der Waals surface area contributed by atoms with Crippen molar-refractivity contribution in [3.8, 4) is 11.4 Å². The second kappa shape index (κ2) is 14.9. The van der Waals surface area contributed by atoms with Crippen LogP contribution in [0.25, 0.3) is 28.1 Å². The van der Waals surface area contributed by atoms with Gasteiger partial charge in [0.05, 0.1) is 34.7 Å². The molecule has 0 spiro atoms. The van der Waals surface area contributed by atoms with Gasteiger partial charge < -0.3 is 15.1 Å². The van der Waals surface area contributed by atoms with Crippen LogP contribution in [0.2, 0.25) is 0 Å². The minimum absolute atomic E-state index is 0.0659. The Labute approximate surface area is 322 Å². The van der Waals surface area contributed by atoms with Crippen molar-refractivity contribution < 1.29 is 14.0 Å². The molecule has 4 aromatic heterocycles. The zero-order chi connectivity index (χ0) is 38.3. The van der Waals surface area contributed by atoms with Crippen LogP contribution in [-0.4, -0.2) is 91.4 Å². The first-order chi connectivity index (χ1) is 27.3. The second-order valence-corrected chi connectivity index (χ2v) is 14.8. The van der Waals surface area contributed by atoms with Gasteiger partial charge in [-0.15, -0.1) is 5.10 Å². The summed E-state index contributed by atoms with van der Waals surface area (Å²) in [5.41, 5.74) is 4.87. The Morgan fingerprint density at radius 2 is 1.66 bits per heavy atom. The third-order valence-corrected chi connectivity index (χ3v) is 11.3. The fourth-order valence-electron chi connectivity index (χ4n) is 8.46. The molecule has 2 amide bonds. The summed E-state index contributed by atoms with van der Waals surface area (Å²) in [6.07, 6.45) is 5.66. The average molecular weight is 758 g/mol. The maximum Gasteiger partial charge on any atom is 0.348 e. The normalized spacial score (nSPS) is 18.2. The molecule has 1 N–H and O–H groups in total. The number of nitrogens with zero attached hydrogens (tertiary/aromatic N) is 10. The van der Waals surface area contributed by atoms with E-state index in [0.29, 0.717) is 24.0 Å². The van der Waals surface area contributed by atoms with E-state index in [2.05, 4.69) is 31.1 Å². The van der Waals surface area contributed by atoms with E-state index < -0.39 is 5.69 Å². The Morgan fingerprint density at radius 3 is 2.48 bits per heavy atom. The van der Waals surface area contributed by atoms with E-state index in [-0.39, 0.29) is 36.5 Å². The number of imidazole rings is 2. The number of rotatable bonds is 10. The van der Waals surface area contributed by atoms with Crippen LogP contribution in [0.4, 0.5) is 21.7 Å². The fraction of sp³-hybridized carbons (Fsp3) is 0.366. The van der Waals surface area contributed by atoms with E-state index >= 15 is 0 Å². The molecule has 6 aromatic rings. The number of piperazine rings is 1. The third kappa shape index (κ3) is 6.55. The molecule has 56 heavy (non-hydrogen) atoms. The molecule has 288 valence electrons. The minimum Gasteiger partial charge on any atom is -0.383 e. The molecule has 0 aliphatic carbocycles. The first-order valence-corrected chi connectivity index (χ1v) is 19.5. The fourth-order valence-corrected chi connectivity index (χ4v) is 8.46. The molecule has 9 rings (SSSR count). The van der Waals surface area contributed by atoms with Crippen LogP contribution in [0, 0.1) is 5.82 Å². The van der Waals surface area contributed by atoms with Crippen molar-refractivity contribution in [3.63, 3.8) is 0 Å². The van der Waals surface area contributed by atoms with Gasteiger partial charge in [-0.05, 0) is 86.3 Å². The highest BCUT2D eigenvalue weighted by atomic mass is 19.1. The minimum atomic E-state index is -0.422. The zero-order valence-corrected chi connectivity index (χ0v) is 31.4. The number of carbonyl (C=O) groups excluding carboxylic acids is 2. The largest absolute Gasteiger partial charge is 0.383 e. The number of hydrogen-bond donors (Lipinski definition) is 1. The van der Waals surface area contributed by atoms with Gasteiger partial charge in [-0.3, -0.25) is 19.1 Å². The van der Waals surface area contributed by atoms with Crippen LogP contribution in [0.5, 0.6) is 0 Å². The van der Waals surface area contributed by atoms with Crippen molar-refractivity contribution >= 4 is 45.8 Å². The van der Waals surface area contributed by atoms with Crippen LogP contribution in [0.3, 0.4) is 0 Å². The lowest BCUT2D eigenvalue weighted by atomic mass is 10.0. The van der Waals surface area contributed by atoms with Gasteiger partial charge in [0.1, 0.15) is 23.1 Å². The molecule has 15 heteroatoms. The summed E-state index contributed by atoms with van der Waals surface area (Å²) < 4.78 is 18.7. The Hall–Kier alpha value is -6.09. The van der Waals surface area contributed by atoms with Crippen LogP contribution < -0.4 is 25.8 Å². The van der Waals surface area contributed by atoms with E-state index in [0.717, 1.165) is 103 Å². The van der Waals surface area contributed by atoms with Crippen molar-refractivity contribution in [1.82, 2.24) is 33.7 Å². The quantitative estimate of drug-likeness (QED) is 0.155. The second-order valence-electron chi connectivity index (χ2n) is 14.8.